The Kier molecular flexibility index (Phi) is 3.13. The quantitative estimate of drug-likeness (QED) is 0.311. The average Bonchev–Trinajstić information content (AvgIpc) is 2.54. The summed E-state index contributed by atoms with van der Waals surface area (Å²) in [5.74, 6) is 0.348. The molecule has 0 unspecified atom stereocenters. The summed E-state index contributed by atoms with van der Waals surface area (Å²) in [6.07, 6.45) is 0. The molecule has 0 spiro atoms. The summed E-state index contributed by atoms with van der Waals surface area (Å²) in [6, 6.07) is 15.3. The van der Waals surface area contributed by atoms with E-state index in [0.29, 0.717) is 11.5 Å². The second-order valence-electron chi connectivity index (χ2n) is 5.74. The normalized spacial score (nSPS) is 11.2. The highest BCUT2D eigenvalue weighted by Gasteiger charge is 2.15. The van der Waals surface area contributed by atoms with Crippen LogP contribution in [0.4, 0.5) is 0 Å². The highest BCUT2D eigenvalue weighted by molar-refractivity contribution is 6.25. The maximum atomic E-state index is 11.4. The third-order valence-corrected chi connectivity index (χ3v) is 4.09. The number of esters is 2. The van der Waals surface area contributed by atoms with Crippen LogP contribution in [0.2, 0.25) is 0 Å². The Balaban J connectivity index is 2.13. The summed E-state index contributed by atoms with van der Waals surface area (Å²) in [4.78, 5) is 22.7. The van der Waals surface area contributed by atoms with Crippen molar-refractivity contribution < 1.29 is 19.1 Å². The van der Waals surface area contributed by atoms with E-state index in [1.54, 1.807) is 12.1 Å². The minimum Gasteiger partial charge on any atom is -0.426 e. The van der Waals surface area contributed by atoms with E-state index in [9.17, 15) is 9.59 Å². The van der Waals surface area contributed by atoms with Gasteiger partial charge in [0.2, 0.25) is 0 Å². The molecule has 0 aliphatic carbocycles. The van der Waals surface area contributed by atoms with Gasteiger partial charge in [0.05, 0.1) is 0 Å². The lowest BCUT2D eigenvalue weighted by atomic mass is 9.93. The van der Waals surface area contributed by atoms with Crippen LogP contribution in [0.3, 0.4) is 0 Å². The summed E-state index contributed by atoms with van der Waals surface area (Å²) in [5, 5.41) is 5.80. The molecule has 0 heterocycles. The maximum absolute atomic E-state index is 11.4. The van der Waals surface area contributed by atoms with Gasteiger partial charge in [0.15, 0.2) is 0 Å². The van der Waals surface area contributed by atoms with Crippen molar-refractivity contribution in [3.05, 3.63) is 48.5 Å². The molecule has 0 atom stereocenters. The fourth-order valence-electron chi connectivity index (χ4n) is 3.24. The van der Waals surface area contributed by atoms with Gasteiger partial charge in [-0.15, -0.1) is 0 Å². The Morgan fingerprint density at radius 3 is 1.38 bits per heavy atom. The highest BCUT2D eigenvalue weighted by Crippen LogP contribution is 2.41. The van der Waals surface area contributed by atoms with Crippen LogP contribution in [0.15, 0.2) is 48.5 Å². The van der Waals surface area contributed by atoms with E-state index >= 15 is 0 Å². The fraction of sp³-hybridized carbons (Fsp3) is 0.100. The third kappa shape index (κ3) is 2.15. The lowest BCUT2D eigenvalue weighted by Crippen LogP contribution is -2.03. The van der Waals surface area contributed by atoms with Crippen LogP contribution < -0.4 is 9.47 Å². The van der Waals surface area contributed by atoms with Crippen molar-refractivity contribution in [2.75, 3.05) is 0 Å². The minimum absolute atomic E-state index is 0.356. The molecule has 4 aromatic carbocycles. The smallest absolute Gasteiger partial charge is 0.308 e. The second-order valence-corrected chi connectivity index (χ2v) is 5.74. The Hall–Kier alpha value is -3.14. The molecule has 0 aliphatic heterocycles. The average molecular weight is 318 g/mol. The second kappa shape index (κ2) is 5.20. The molecule has 0 aliphatic rings. The van der Waals surface area contributed by atoms with Crippen LogP contribution in [0, 0.1) is 0 Å². The third-order valence-electron chi connectivity index (χ3n) is 4.09. The number of benzene rings is 4. The lowest BCUT2D eigenvalue weighted by Gasteiger charge is -2.15. The Morgan fingerprint density at radius 2 is 1.00 bits per heavy atom. The van der Waals surface area contributed by atoms with E-state index in [-0.39, 0.29) is 11.9 Å². The van der Waals surface area contributed by atoms with E-state index in [0.717, 1.165) is 32.3 Å². The molecule has 0 radical (unpaired) electrons. The van der Waals surface area contributed by atoms with Crippen LogP contribution in [-0.4, -0.2) is 11.9 Å². The molecule has 4 aromatic rings. The van der Waals surface area contributed by atoms with Crippen molar-refractivity contribution in [1.29, 1.82) is 0 Å². The van der Waals surface area contributed by atoms with Gasteiger partial charge >= 0.3 is 11.9 Å². The van der Waals surface area contributed by atoms with Crippen LogP contribution in [0.5, 0.6) is 11.5 Å². The van der Waals surface area contributed by atoms with E-state index in [2.05, 4.69) is 0 Å². The molecule has 0 amide bonds. The highest BCUT2D eigenvalue weighted by atomic mass is 16.5. The van der Waals surface area contributed by atoms with Gasteiger partial charge in [-0.05, 0) is 35.0 Å². The van der Waals surface area contributed by atoms with Crippen molar-refractivity contribution >= 4 is 44.3 Å². The van der Waals surface area contributed by atoms with Crippen molar-refractivity contribution in [2.45, 2.75) is 13.8 Å². The predicted molar refractivity (Wildman–Crippen MR) is 92.8 cm³/mol. The number of hydrogen-bond acceptors (Lipinski definition) is 4. The first-order valence-electron chi connectivity index (χ1n) is 7.62. The molecule has 0 N–H and O–H groups in total. The van der Waals surface area contributed by atoms with Crippen molar-refractivity contribution in [3.63, 3.8) is 0 Å². The maximum Gasteiger partial charge on any atom is 0.308 e. The van der Waals surface area contributed by atoms with Crippen LogP contribution in [-0.2, 0) is 9.59 Å². The molecule has 4 nitrogen and oxygen atoms in total. The summed E-state index contributed by atoms with van der Waals surface area (Å²) in [5.41, 5.74) is 0. The summed E-state index contributed by atoms with van der Waals surface area (Å²) < 4.78 is 10.7. The predicted octanol–water partition coefficient (Wildman–Crippen LogP) is 4.43. The van der Waals surface area contributed by atoms with E-state index in [4.69, 9.17) is 9.47 Å². The van der Waals surface area contributed by atoms with Gasteiger partial charge in [-0.25, -0.2) is 0 Å². The van der Waals surface area contributed by atoms with Gasteiger partial charge in [0, 0.05) is 35.4 Å². The first kappa shape index (κ1) is 14.5. The zero-order valence-electron chi connectivity index (χ0n) is 13.3. The molecule has 0 fully saturated rings. The summed E-state index contributed by atoms with van der Waals surface area (Å²) in [6.45, 7) is 2.77. The molecular weight excluding hydrogens is 304 g/mol. The minimum atomic E-state index is -0.356. The van der Waals surface area contributed by atoms with Gasteiger partial charge in [-0.2, -0.15) is 0 Å². The number of ether oxygens (including phenoxy) is 2. The van der Waals surface area contributed by atoms with E-state index < -0.39 is 0 Å². The molecule has 0 bridgehead atoms. The van der Waals surface area contributed by atoms with Gasteiger partial charge in [-0.1, -0.05) is 24.3 Å². The number of hydrogen-bond donors (Lipinski definition) is 0. The Bertz CT molecular complexity index is 1020. The molecule has 0 aromatic heterocycles. The van der Waals surface area contributed by atoms with Crippen LogP contribution >= 0.6 is 0 Å². The van der Waals surface area contributed by atoms with Crippen LogP contribution in [0.1, 0.15) is 13.8 Å². The van der Waals surface area contributed by atoms with Crippen molar-refractivity contribution in [3.8, 4) is 11.5 Å². The standard InChI is InChI=1S/C20H14O4/c1-11(21)23-17-9-5-13-3-4-14-6-10-18(24-12(2)22)16-8-7-15(17)19(13)20(14)16/h3-10H,1-2H3. The first-order chi connectivity index (χ1) is 11.5. The molecule has 24 heavy (non-hydrogen) atoms. The number of carbonyl (C=O) groups excluding carboxylic acids is 2. The lowest BCUT2D eigenvalue weighted by molar-refractivity contribution is -0.132. The molecule has 0 saturated carbocycles. The largest absolute Gasteiger partial charge is 0.426 e. The molecule has 118 valence electrons. The molecule has 4 rings (SSSR count). The zero-order valence-corrected chi connectivity index (χ0v) is 13.3. The van der Waals surface area contributed by atoms with Gasteiger partial charge in [0.25, 0.3) is 0 Å². The van der Waals surface area contributed by atoms with Crippen molar-refractivity contribution in [2.24, 2.45) is 0 Å². The van der Waals surface area contributed by atoms with Gasteiger partial charge in [0.1, 0.15) is 11.5 Å². The van der Waals surface area contributed by atoms with E-state index in [1.165, 1.54) is 13.8 Å². The van der Waals surface area contributed by atoms with Crippen molar-refractivity contribution in [1.82, 2.24) is 0 Å². The number of rotatable bonds is 2. The van der Waals surface area contributed by atoms with E-state index in [1.807, 2.05) is 36.4 Å². The fourth-order valence-corrected chi connectivity index (χ4v) is 3.24. The number of carbonyl (C=O) groups is 2. The molecule has 4 heteroatoms. The van der Waals surface area contributed by atoms with Gasteiger partial charge in [-0.3, -0.25) is 9.59 Å². The molecular formula is C20H14O4. The SMILES string of the molecule is CC(=O)Oc1ccc2ccc3ccc(OC(C)=O)c4ccc1c2c34. The monoisotopic (exact) mass is 318 g/mol. The summed E-state index contributed by atoms with van der Waals surface area (Å²) in [7, 11) is 0. The Labute approximate surface area is 137 Å². The Morgan fingerprint density at radius 1 is 0.625 bits per heavy atom. The zero-order chi connectivity index (χ0) is 16.8. The molecule has 0 saturated heterocycles. The van der Waals surface area contributed by atoms with Crippen LogP contribution in [0.25, 0.3) is 32.3 Å². The summed E-state index contributed by atoms with van der Waals surface area (Å²) >= 11 is 0. The topological polar surface area (TPSA) is 52.6 Å². The first-order valence-corrected chi connectivity index (χ1v) is 7.62. The van der Waals surface area contributed by atoms with Gasteiger partial charge < -0.3 is 9.47 Å².